The zero-order chi connectivity index (χ0) is 16.4. The Hall–Kier alpha value is -1.91. The summed E-state index contributed by atoms with van der Waals surface area (Å²) in [6, 6.07) is 6.43. The molecule has 1 saturated carbocycles. The highest BCUT2D eigenvalue weighted by molar-refractivity contribution is 5.82. The minimum atomic E-state index is -0.298. The van der Waals surface area contributed by atoms with E-state index in [1.165, 1.54) is 12.1 Å². The predicted molar refractivity (Wildman–Crippen MR) is 85.2 cm³/mol. The third-order valence-corrected chi connectivity index (χ3v) is 4.83. The van der Waals surface area contributed by atoms with Crippen LogP contribution in [0.5, 0.6) is 0 Å². The smallest absolute Gasteiger partial charge is 0.227 e. The first-order chi connectivity index (χ1) is 11.0. The summed E-state index contributed by atoms with van der Waals surface area (Å²) < 4.78 is 12.9. The first kappa shape index (κ1) is 16.0. The van der Waals surface area contributed by atoms with Crippen molar-refractivity contribution in [2.24, 2.45) is 5.92 Å². The number of likely N-dealkylation sites (tertiary alicyclic amines) is 1. The number of piperidine rings is 1. The van der Waals surface area contributed by atoms with Gasteiger partial charge in [-0.25, -0.2) is 4.39 Å². The Balaban J connectivity index is 1.57. The number of amides is 2. The highest BCUT2D eigenvalue weighted by Crippen LogP contribution is 2.28. The average molecular weight is 318 g/mol. The zero-order valence-electron chi connectivity index (χ0n) is 13.5. The monoisotopic (exact) mass is 318 g/mol. The van der Waals surface area contributed by atoms with Gasteiger partial charge in [-0.3, -0.25) is 9.59 Å². The van der Waals surface area contributed by atoms with Crippen molar-refractivity contribution in [2.45, 2.75) is 38.1 Å². The molecule has 0 aromatic heterocycles. The second-order valence-electron chi connectivity index (χ2n) is 6.66. The summed E-state index contributed by atoms with van der Waals surface area (Å²) in [5.74, 6) is -0.186. The Kier molecular flexibility index (Phi) is 4.64. The van der Waals surface area contributed by atoms with Gasteiger partial charge in [0, 0.05) is 26.2 Å². The average Bonchev–Trinajstić information content (AvgIpc) is 3.40. The first-order valence-corrected chi connectivity index (χ1v) is 8.33. The van der Waals surface area contributed by atoms with E-state index in [1.807, 2.05) is 11.9 Å². The van der Waals surface area contributed by atoms with Crippen molar-refractivity contribution in [1.82, 2.24) is 9.80 Å². The number of nitrogens with zero attached hydrogens (tertiary/aromatic N) is 2. The maximum Gasteiger partial charge on any atom is 0.227 e. The normalized spacial score (nSPS) is 21.1. The lowest BCUT2D eigenvalue weighted by Crippen LogP contribution is -2.46. The highest BCUT2D eigenvalue weighted by Gasteiger charge is 2.35. The van der Waals surface area contributed by atoms with E-state index in [4.69, 9.17) is 0 Å². The van der Waals surface area contributed by atoms with Crippen molar-refractivity contribution in [2.75, 3.05) is 20.1 Å². The van der Waals surface area contributed by atoms with Gasteiger partial charge in [-0.2, -0.15) is 0 Å². The Morgan fingerprint density at radius 2 is 1.91 bits per heavy atom. The molecular weight excluding hydrogens is 295 g/mol. The summed E-state index contributed by atoms with van der Waals surface area (Å²) in [6.45, 7) is 1.22. The molecule has 2 amide bonds. The minimum Gasteiger partial charge on any atom is -0.342 e. The van der Waals surface area contributed by atoms with E-state index in [-0.39, 0.29) is 30.0 Å². The molecule has 0 bridgehead atoms. The molecule has 0 unspecified atom stereocenters. The van der Waals surface area contributed by atoms with Gasteiger partial charge in [-0.1, -0.05) is 12.1 Å². The number of carbonyl (C=O) groups is 2. The molecule has 1 atom stereocenters. The molecule has 124 valence electrons. The van der Waals surface area contributed by atoms with E-state index < -0.39 is 0 Å². The quantitative estimate of drug-likeness (QED) is 0.854. The van der Waals surface area contributed by atoms with Gasteiger partial charge in [0.1, 0.15) is 5.82 Å². The number of hydrogen-bond acceptors (Lipinski definition) is 2. The molecule has 1 aromatic rings. The van der Waals surface area contributed by atoms with Crippen LogP contribution in [-0.2, 0) is 16.0 Å². The van der Waals surface area contributed by atoms with Crippen molar-refractivity contribution in [3.05, 3.63) is 35.6 Å². The van der Waals surface area contributed by atoms with Gasteiger partial charge in [0.2, 0.25) is 11.8 Å². The molecular formula is C18H23FN2O2. The second-order valence-corrected chi connectivity index (χ2v) is 6.66. The molecule has 0 N–H and O–H groups in total. The summed E-state index contributed by atoms with van der Waals surface area (Å²) in [5.41, 5.74) is 0.806. The SMILES string of the molecule is CN(C(=O)[C@H]1CCCN(C(=O)Cc2ccc(F)cc2)C1)C1CC1. The highest BCUT2D eigenvalue weighted by atomic mass is 19.1. The van der Waals surface area contributed by atoms with Crippen molar-refractivity contribution in [1.29, 1.82) is 0 Å². The Bertz CT molecular complexity index is 583. The second kappa shape index (κ2) is 6.69. The lowest BCUT2D eigenvalue weighted by molar-refractivity contribution is -0.140. The standard InChI is InChI=1S/C18H23FN2O2/c1-20(16-8-9-16)18(23)14-3-2-10-21(12-14)17(22)11-13-4-6-15(19)7-5-13/h4-7,14,16H,2-3,8-12H2,1H3/t14-/m0/s1. The van der Waals surface area contributed by atoms with Crippen molar-refractivity contribution >= 4 is 11.8 Å². The third kappa shape index (κ3) is 3.89. The van der Waals surface area contributed by atoms with E-state index in [2.05, 4.69) is 0 Å². The number of hydrogen-bond donors (Lipinski definition) is 0. The van der Waals surface area contributed by atoms with Crippen LogP contribution in [0.4, 0.5) is 4.39 Å². The molecule has 0 spiro atoms. The predicted octanol–water partition coefficient (Wildman–Crippen LogP) is 2.23. The van der Waals surface area contributed by atoms with E-state index in [0.717, 1.165) is 31.2 Å². The molecule has 1 saturated heterocycles. The number of halogens is 1. The minimum absolute atomic E-state index is 0.0168. The molecule has 0 radical (unpaired) electrons. The first-order valence-electron chi connectivity index (χ1n) is 8.33. The number of carbonyl (C=O) groups excluding carboxylic acids is 2. The van der Waals surface area contributed by atoms with Gasteiger partial charge in [-0.05, 0) is 43.4 Å². The third-order valence-electron chi connectivity index (χ3n) is 4.83. The molecule has 1 aromatic carbocycles. The Morgan fingerprint density at radius 3 is 2.57 bits per heavy atom. The van der Waals surface area contributed by atoms with Crippen LogP contribution in [0.1, 0.15) is 31.2 Å². The lowest BCUT2D eigenvalue weighted by atomic mass is 9.96. The van der Waals surface area contributed by atoms with E-state index in [9.17, 15) is 14.0 Å². The van der Waals surface area contributed by atoms with Crippen LogP contribution in [0.25, 0.3) is 0 Å². The van der Waals surface area contributed by atoms with Gasteiger partial charge in [-0.15, -0.1) is 0 Å². The largest absolute Gasteiger partial charge is 0.342 e. The van der Waals surface area contributed by atoms with Gasteiger partial charge in [0.05, 0.1) is 12.3 Å². The number of rotatable bonds is 4. The van der Waals surface area contributed by atoms with Gasteiger partial charge in [0.25, 0.3) is 0 Å². The maximum absolute atomic E-state index is 12.9. The fourth-order valence-corrected chi connectivity index (χ4v) is 3.22. The van der Waals surface area contributed by atoms with Crippen LogP contribution < -0.4 is 0 Å². The van der Waals surface area contributed by atoms with Crippen molar-refractivity contribution in [3.63, 3.8) is 0 Å². The van der Waals surface area contributed by atoms with Crippen molar-refractivity contribution < 1.29 is 14.0 Å². The van der Waals surface area contributed by atoms with E-state index in [0.29, 0.717) is 19.1 Å². The zero-order valence-corrected chi connectivity index (χ0v) is 13.5. The molecule has 1 aliphatic heterocycles. The van der Waals surface area contributed by atoms with Gasteiger partial charge in [0.15, 0.2) is 0 Å². The van der Waals surface area contributed by atoms with Crippen LogP contribution in [0.3, 0.4) is 0 Å². The van der Waals surface area contributed by atoms with E-state index in [1.54, 1.807) is 17.0 Å². The molecule has 1 heterocycles. The summed E-state index contributed by atoms with van der Waals surface area (Å²) in [7, 11) is 1.87. The summed E-state index contributed by atoms with van der Waals surface area (Å²) in [6.07, 6.45) is 4.18. The molecule has 1 aliphatic carbocycles. The maximum atomic E-state index is 12.9. The number of benzene rings is 1. The topological polar surface area (TPSA) is 40.6 Å². The van der Waals surface area contributed by atoms with Gasteiger partial charge < -0.3 is 9.80 Å². The summed E-state index contributed by atoms with van der Waals surface area (Å²) >= 11 is 0. The van der Waals surface area contributed by atoms with Crippen LogP contribution in [0, 0.1) is 11.7 Å². The Morgan fingerprint density at radius 1 is 1.22 bits per heavy atom. The van der Waals surface area contributed by atoms with Crippen LogP contribution >= 0.6 is 0 Å². The molecule has 2 fully saturated rings. The molecule has 5 heteroatoms. The van der Waals surface area contributed by atoms with E-state index >= 15 is 0 Å². The summed E-state index contributed by atoms with van der Waals surface area (Å²) in [5, 5.41) is 0. The van der Waals surface area contributed by atoms with Crippen LogP contribution in [0.15, 0.2) is 24.3 Å². The molecule has 23 heavy (non-hydrogen) atoms. The lowest BCUT2D eigenvalue weighted by Gasteiger charge is -2.34. The fraction of sp³-hybridized carbons (Fsp3) is 0.556. The fourth-order valence-electron chi connectivity index (χ4n) is 3.22. The van der Waals surface area contributed by atoms with Crippen molar-refractivity contribution in [3.8, 4) is 0 Å². The molecule has 2 aliphatic rings. The molecule has 3 rings (SSSR count). The van der Waals surface area contributed by atoms with Crippen LogP contribution in [0.2, 0.25) is 0 Å². The Labute approximate surface area is 136 Å². The van der Waals surface area contributed by atoms with Crippen LogP contribution in [-0.4, -0.2) is 47.8 Å². The van der Waals surface area contributed by atoms with Gasteiger partial charge >= 0.3 is 0 Å². The summed E-state index contributed by atoms with van der Waals surface area (Å²) in [4.78, 5) is 28.6. The molecule has 4 nitrogen and oxygen atoms in total.